The summed E-state index contributed by atoms with van der Waals surface area (Å²) in [6.07, 6.45) is 3.56. The fourth-order valence-electron chi connectivity index (χ4n) is 3.10. The van der Waals surface area contributed by atoms with Gasteiger partial charge in [-0.05, 0) is 31.3 Å². The van der Waals surface area contributed by atoms with Crippen LogP contribution in [0.1, 0.15) is 19.3 Å². The molecular weight excluding hydrogens is 166 g/mol. The quantitative estimate of drug-likeness (QED) is 0.601. The Morgan fingerprint density at radius 2 is 1.85 bits per heavy atom. The number of hydrogen-bond donors (Lipinski definition) is 1. The van der Waals surface area contributed by atoms with Crippen molar-refractivity contribution >= 4 is 0 Å². The molecule has 1 saturated carbocycles. The first kappa shape index (κ1) is 8.21. The fraction of sp³-hybridized carbons (Fsp3) is 1.00. The average molecular weight is 183 g/mol. The van der Waals surface area contributed by atoms with Gasteiger partial charge in [0.1, 0.15) is 0 Å². The molecule has 2 atom stereocenters. The Bertz CT molecular complexity index is 185. The highest BCUT2D eigenvalue weighted by Gasteiger charge is 2.49. The highest BCUT2D eigenvalue weighted by atomic mass is 16.7. The lowest BCUT2D eigenvalue weighted by atomic mass is 9.90. The van der Waals surface area contributed by atoms with Crippen molar-refractivity contribution in [3.05, 3.63) is 0 Å². The molecule has 1 aliphatic carbocycles. The van der Waals surface area contributed by atoms with Gasteiger partial charge in [-0.1, -0.05) is 0 Å². The lowest BCUT2D eigenvalue weighted by Gasteiger charge is -2.24. The number of rotatable bonds is 0. The lowest BCUT2D eigenvalue weighted by molar-refractivity contribution is -0.154. The van der Waals surface area contributed by atoms with Crippen LogP contribution in [0.5, 0.6) is 0 Å². The minimum Gasteiger partial charge on any atom is -0.348 e. The summed E-state index contributed by atoms with van der Waals surface area (Å²) in [7, 11) is 0. The monoisotopic (exact) mass is 183 g/mol. The molecule has 3 fully saturated rings. The van der Waals surface area contributed by atoms with E-state index in [1.807, 2.05) is 0 Å². The first-order valence-corrected chi connectivity index (χ1v) is 5.37. The lowest BCUT2D eigenvalue weighted by Crippen LogP contribution is -2.33. The van der Waals surface area contributed by atoms with E-state index < -0.39 is 0 Å². The van der Waals surface area contributed by atoms with Crippen LogP contribution in [-0.4, -0.2) is 32.1 Å². The van der Waals surface area contributed by atoms with Crippen LogP contribution in [0, 0.1) is 11.8 Å². The van der Waals surface area contributed by atoms with E-state index in [9.17, 15) is 0 Å². The summed E-state index contributed by atoms with van der Waals surface area (Å²) >= 11 is 0. The van der Waals surface area contributed by atoms with Gasteiger partial charge < -0.3 is 14.8 Å². The molecule has 0 radical (unpaired) electrons. The van der Waals surface area contributed by atoms with Crippen molar-refractivity contribution in [3.63, 3.8) is 0 Å². The maximum Gasteiger partial charge on any atom is 0.169 e. The van der Waals surface area contributed by atoms with Crippen LogP contribution in [0.3, 0.4) is 0 Å². The first-order chi connectivity index (χ1) is 6.38. The number of hydrogen-bond acceptors (Lipinski definition) is 3. The van der Waals surface area contributed by atoms with Crippen LogP contribution in [0.2, 0.25) is 0 Å². The van der Waals surface area contributed by atoms with Gasteiger partial charge in [-0.3, -0.25) is 0 Å². The summed E-state index contributed by atoms with van der Waals surface area (Å²) in [6, 6.07) is 0. The maximum absolute atomic E-state index is 5.74. The van der Waals surface area contributed by atoms with E-state index in [2.05, 4.69) is 5.32 Å². The first-order valence-electron chi connectivity index (χ1n) is 5.37. The summed E-state index contributed by atoms with van der Waals surface area (Å²) in [4.78, 5) is 0. The Balaban J connectivity index is 1.74. The van der Waals surface area contributed by atoms with Gasteiger partial charge in [0.25, 0.3) is 0 Å². The van der Waals surface area contributed by atoms with Gasteiger partial charge in [0.15, 0.2) is 5.79 Å². The number of nitrogens with one attached hydrogen (secondary N) is 1. The standard InChI is InChI=1S/C10H17NO2/c1-2-11-7-9-6-10(5-8(1)9)12-3-4-13-10/h8-9,11H,1-7H2/t8?,9-/m0/s1. The third-order valence-electron chi connectivity index (χ3n) is 3.73. The normalized spacial score (nSPS) is 42.5. The molecule has 3 aliphatic rings. The summed E-state index contributed by atoms with van der Waals surface area (Å²) in [5.74, 6) is 1.48. The molecule has 2 heterocycles. The highest BCUT2D eigenvalue weighted by molar-refractivity contribution is 4.94. The second-order valence-corrected chi connectivity index (χ2v) is 4.53. The van der Waals surface area contributed by atoms with Crippen LogP contribution in [0.25, 0.3) is 0 Å². The molecule has 13 heavy (non-hydrogen) atoms. The second-order valence-electron chi connectivity index (χ2n) is 4.53. The topological polar surface area (TPSA) is 30.5 Å². The zero-order valence-corrected chi connectivity index (χ0v) is 7.92. The van der Waals surface area contributed by atoms with E-state index in [4.69, 9.17) is 9.47 Å². The van der Waals surface area contributed by atoms with Gasteiger partial charge in [0, 0.05) is 12.8 Å². The van der Waals surface area contributed by atoms with Gasteiger partial charge in [-0.25, -0.2) is 0 Å². The highest BCUT2D eigenvalue weighted by Crippen LogP contribution is 2.46. The van der Waals surface area contributed by atoms with Gasteiger partial charge in [0.05, 0.1) is 13.2 Å². The minimum atomic E-state index is -0.165. The Hall–Kier alpha value is -0.120. The smallest absolute Gasteiger partial charge is 0.169 e. The molecule has 3 nitrogen and oxygen atoms in total. The van der Waals surface area contributed by atoms with Crippen LogP contribution in [0.4, 0.5) is 0 Å². The molecule has 2 saturated heterocycles. The summed E-state index contributed by atoms with van der Waals surface area (Å²) in [5.41, 5.74) is 0. The van der Waals surface area contributed by atoms with Gasteiger partial charge in [-0.15, -0.1) is 0 Å². The Morgan fingerprint density at radius 1 is 1.08 bits per heavy atom. The largest absolute Gasteiger partial charge is 0.348 e. The van der Waals surface area contributed by atoms with Crippen LogP contribution in [0.15, 0.2) is 0 Å². The molecular formula is C10H17NO2. The summed E-state index contributed by atoms with van der Waals surface area (Å²) in [5, 5.41) is 3.45. The third kappa shape index (κ3) is 1.30. The predicted molar refractivity (Wildman–Crippen MR) is 48.3 cm³/mol. The number of piperidine rings is 1. The zero-order valence-electron chi connectivity index (χ0n) is 7.92. The molecule has 2 aliphatic heterocycles. The van der Waals surface area contributed by atoms with Crippen LogP contribution in [-0.2, 0) is 9.47 Å². The SMILES string of the molecule is C1CC2CC3(C[C@H]2CN1)OCCO3. The summed E-state index contributed by atoms with van der Waals surface area (Å²) < 4.78 is 11.5. The van der Waals surface area contributed by atoms with E-state index in [0.29, 0.717) is 0 Å². The Morgan fingerprint density at radius 3 is 2.62 bits per heavy atom. The zero-order chi connectivity index (χ0) is 8.73. The molecule has 74 valence electrons. The molecule has 1 spiro atoms. The number of ether oxygens (including phenoxy) is 2. The summed E-state index contributed by atoms with van der Waals surface area (Å²) in [6.45, 7) is 3.94. The van der Waals surface area contributed by atoms with Crippen LogP contribution >= 0.6 is 0 Å². The molecule has 0 aromatic carbocycles. The van der Waals surface area contributed by atoms with E-state index in [0.717, 1.165) is 37.9 Å². The average Bonchev–Trinajstić information content (AvgIpc) is 2.72. The molecule has 0 aromatic heterocycles. The molecule has 3 heteroatoms. The van der Waals surface area contributed by atoms with Crippen molar-refractivity contribution < 1.29 is 9.47 Å². The molecule has 0 amide bonds. The minimum absolute atomic E-state index is 0.165. The molecule has 1 N–H and O–H groups in total. The van der Waals surface area contributed by atoms with Crippen molar-refractivity contribution in [1.29, 1.82) is 0 Å². The van der Waals surface area contributed by atoms with E-state index in [1.54, 1.807) is 0 Å². The maximum atomic E-state index is 5.74. The van der Waals surface area contributed by atoms with E-state index >= 15 is 0 Å². The molecule has 0 bridgehead atoms. The van der Waals surface area contributed by atoms with Crippen molar-refractivity contribution in [3.8, 4) is 0 Å². The predicted octanol–water partition coefficient (Wildman–Crippen LogP) is 0.749. The van der Waals surface area contributed by atoms with Crippen molar-refractivity contribution in [2.45, 2.75) is 25.0 Å². The van der Waals surface area contributed by atoms with Crippen LogP contribution < -0.4 is 5.32 Å². The fourth-order valence-corrected chi connectivity index (χ4v) is 3.10. The molecule has 1 unspecified atom stereocenters. The van der Waals surface area contributed by atoms with Crippen molar-refractivity contribution in [1.82, 2.24) is 5.32 Å². The molecule has 3 rings (SSSR count). The second kappa shape index (κ2) is 2.94. The number of fused-ring (bicyclic) bond motifs is 1. The Labute approximate surface area is 78.8 Å². The van der Waals surface area contributed by atoms with E-state index in [-0.39, 0.29) is 5.79 Å². The van der Waals surface area contributed by atoms with Gasteiger partial charge in [0.2, 0.25) is 0 Å². The van der Waals surface area contributed by atoms with Crippen molar-refractivity contribution in [2.24, 2.45) is 11.8 Å². The van der Waals surface area contributed by atoms with Crippen molar-refractivity contribution in [2.75, 3.05) is 26.3 Å². The molecule has 0 aromatic rings. The van der Waals surface area contributed by atoms with Gasteiger partial charge in [-0.2, -0.15) is 0 Å². The van der Waals surface area contributed by atoms with Gasteiger partial charge >= 0.3 is 0 Å². The third-order valence-corrected chi connectivity index (χ3v) is 3.73. The van der Waals surface area contributed by atoms with E-state index in [1.165, 1.54) is 19.5 Å². The Kier molecular flexibility index (Phi) is 1.86.